The van der Waals surface area contributed by atoms with E-state index in [-0.39, 0.29) is 12.1 Å². The van der Waals surface area contributed by atoms with Crippen molar-refractivity contribution in [3.05, 3.63) is 54.1 Å². The molecule has 0 spiro atoms. The number of fused-ring (bicyclic) bond motifs is 3. The van der Waals surface area contributed by atoms with Crippen LogP contribution in [0.2, 0.25) is 0 Å². The number of esters is 1. The monoisotopic (exact) mass is 396 g/mol. The van der Waals surface area contributed by atoms with Gasteiger partial charge in [0.25, 0.3) is 0 Å². The molecule has 1 unspecified atom stereocenters. The number of methoxy groups -OCH3 is 2. The third-order valence-corrected chi connectivity index (χ3v) is 5.94. The van der Waals surface area contributed by atoms with Crippen molar-refractivity contribution >= 4 is 11.7 Å². The summed E-state index contributed by atoms with van der Waals surface area (Å²) in [6.45, 7) is 3.06. The summed E-state index contributed by atoms with van der Waals surface area (Å²) in [5.41, 5.74) is 1.54. The fraction of sp³-hybridized carbons (Fsp3) is 0.435. The van der Waals surface area contributed by atoms with E-state index in [0.717, 1.165) is 38.0 Å². The van der Waals surface area contributed by atoms with E-state index in [1.165, 1.54) is 0 Å². The second kappa shape index (κ2) is 8.74. The minimum Gasteiger partial charge on any atom is -0.497 e. The first-order valence-electron chi connectivity index (χ1n) is 10.1. The number of anilines is 1. The maximum absolute atomic E-state index is 13.3. The summed E-state index contributed by atoms with van der Waals surface area (Å²) in [6.07, 6.45) is 2.17. The maximum atomic E-state index is 13.3. The van der Waals surface area contributed by atoms with Crippen LogP contribution in [0.5, 0.6) is 11.5 Å². The molecule has 0 saturated carbocycles. The van der Waals surface area contributed by atoms with Crippen molar-refractivity contribution in [2.24, 2.45) is 5.92 Å². The molecule has 3 saturated heterocycles. The zero-order valence-corrected chi connectivity index (χ0v) is 17.0. The summed E-state index contributed by atoms with van der Waals surface area (Å²) in [6, 6.07) is 14.5. The predicted molar refractivity (Wildman–Crippen MR) is 111 cm³/mol. The number of piperidine rings is 3. The van der Waals surface area contributed by atoms with Gasteiger partial charge in [0.2, 0.25) is 0 Å². The Kier molecular flexibility index (Phi) is 5.90. The molecule has 154 valence electrons. The Balaban J connectivity index is 1.58. The molecular weight excluding hydrogens is 368 g/mol. The first-order valence-corrected chi connectivity index (χ1v) is 10.1. The Morgan fingerprint density at radius 1 is 1.07 bits per heavy atom. The zero-order chi connectivity index (χ0) is 20.2. The van der Waals surface area contributed by atoms with Crippen LogP contribution in [0.3, 0.4) is 0 Å². The highest BCUT2D eigenvalue weighted by molar-refractivity contribution is 5.82. The minimum absolute atomic E-state index is 0.0368. The number of benzene rings is 2. The first-order chi connectivity index (χ1) is 14.2. The maximum Gasteiger partial charge on any atom is 0.333 e. The van der Waals surface area contributed by atoms with E-state index < -0.39 is 6.04 Å². The average molecular weight is 396 g/mol. The highest BCUT2D eigenvalue weighted by atomic mass is 16.5. The van der Waals surface area contributed by atoms with Crippen molar-refractivity contribution in [2.75, 3.05) is 39.2 Å². The molecule has 0 amide bonds. The third kappa shape index (κ3) is 4.32. The molecule has 0 radical (unpaired) electrons. The molecule has 0 aromatic heterocycles. The number of hydrogen-bond acceptors (Lipinski definition) is 6. The van der Waals surface area contributed by atoms with Crippen LogP contribution < -0.4 is 14.8 Å². The Labute approximate surface area is 171 Å². The highest BCUT2D eigenvalue weighted by Gasteiger charge is 2.38. The van der Waals surface area contributed by atoms with Gasteiger partial charge in [-0.15, -0.1) is 0 Å². The molecule has 3 aliphatic rings. The summed E-state index contributed by atoms with van der Waals surface area (Å²) in [5, 5.41) is 3.33. The average Bonchev–Trinajstić information content (AvgIpc) is 2.78. The molecular formula is C23H28N2O4. The van der Waals surface area contributed by atoms with Gasteiger partial charge in [-0.1, -0.05) is 30.3 Å². The number of nitrogens with one attached hydrogen (secondary N) is 1. The van der Waals surface area contributed by atoms with E-state index in [4.69, 9.17) is 14.2 Å². The fourth-order valence-corrected chi connectivity index (χ4v) is 4.27. The van der Waals surface area contributed by atoms with Gasteiger partial charge in [-0.25, -0.2) is 4.79 Å². The van der Waals surface area contributed by atoms with Crippen molar-refractivity contribution < 1.29 is 19.0 Å². The fourth-order valence-electron chi connectivity index (χ4n) is 4.27. The topological polar surface area (TPSA) is 60.0 Å². The second-order valence-electron chi connectivity index (χ2n) is 7.67. The van der Waals surface area contributed by atoms with Crippen LogP contribution in [0, 0.1) is 5.92 Å². The number of ether oxygens (including phenoxy) is 3. The first kappa shape index (κ1) is 19.6. The Morgan fingerprint density at radius 2 is 1.83 bits per heavy atom. The van der Waals surface area contributed by atoms with E-state index in [0.29, 0.717) is 23.1 Å². The third-order valence-electron chi connectivity index (χ3n) is 5.94. The summed E-state index contributed by atoms with van der Waals surface area (Å²) < 4.78 is 16.8. The molecule has 6 nitrogen and oxygen atoms in total. The van der Waals surface area contributed by atoms with Gasteiger partial charge in [0.15, 0.2) is 6.04 Å². The van der Waals surface area contributed by atoms with Gasteiger partial charge >= 0.3 is 5.97 Å². The predicted octanol–water partition coefficient (Wildman–Crippen LogP) is 3.49. The highest BCUT2D eigenvalue weighted by Crippen LogP contribution is 2.34. The summed E-state index contributed by atoms with van der Waals surface area (Å²) in [4.78, 5) is 15.7. The molecule has 2 bridgehead atoms. The number of carbonyl (C=O) groups excluding carboxylic acids is 1. The Hall–Kier alpha value is -2.73. The van der Waals surface area contributed by atoms with Crippen LogP contribution in [0.4, 0.5) is 5.69 Å². The number of nitrogens with zero attached hydrogens (tertiary/aromatic N) is 1. The van der Waals surface area contributed by atoms with Crippen molar-refractivity contribution in [3.63, 3.8) is 0 Å². The lowest BCUT2D eigenvalue weighted by Crippen LogP contribution is -2.52. The van der Waals surface area contributed by atoms with Gasteiger partial charge in [-0.2, -0.15) is 0 Å². The molecule has 1 N–H and O–H groups in total. The van der Waals surface area contributed by atoms with Gasteiger partial charge in [-0.3, -0.25) is 4.90 Å². The van der Waals surface area contributed by atoms with Crippen LogP contribution >= 0.6 is 0 Å². The minimum atomic E-state index is -0.632. The van der Waals surface area contributed by atoms with Crippen molar-refractivity contribution in [3.8, 4) is 11.5 Å². The molecule has 6 heteroatoms. The second-order valence-corrected chi connectivity index (χ2v) is 7.67. The van der Waals surface area contributed by atoms with Gasteiger partial charge in [0, 0.05) is 12.6 Å². The smallest absolute Gasteiger partial charge is 0.333 e. The molecule has 3 heterocycles. The molecule has 3 fully saturated rings. The normalized spacial score (nSPS) is 23.9. The lowest BCUT2D eigenvalue weighted by molar-refractivity contribution is -0.159. The van der Waals surface area contributed by atoms with Gasteiger partial charge in [-0.05, 0) is 49.5 Å². The number of hydrogen-bond donors (Lipinski definition) is 1. The molecule has 2 atom stereocenters. The SMILES string of the molecule is COc1ccc(OC)c(N[C@@H](C(=O)OC2CN3CCC2CC3)c2ccccc2)c1. The summed E-state index contributed by atoms with van der Waals surface area (Å²) in [5.74, 6) is 1.53. The largest absolute Gasteiger partial charge is 0.497 e. The molecule has 0 aliphatic carbocycles. The number of rotatable bonds is 7. The standard InChI is InChI=1S/C23H28N2O4/c1-27-18-8-9-20(28-2)19(14-18)24-22(17-6-4-3-5-7-17)23(26)29-21-15-25-12-10-16(21)11-13-25/h3-9,14,16,21-22,24H,10-13,15H2,1-2H3/t21?,22-/m1/s1. The molecule has 2 aromatic rings. The molecule has 2 aromatic carbocycles. The Morgan fingerprint density at radius 3 is 2.45 bits per heavy atom. The van der Waals surface area contributed by atoms with E-state index in [1.807, 2.05) is 48.5 Å². The zero-order valence-electron chi connectivity index (χ0n) is 17.0. The van der Waals surface area contributed by atoms with Crippen LogP contribution in [0.25, 0.3) is 0 Å². The van der Waals surface area contributed by atoms with E-state index in [1.54, 1.807) is 14.2 Å². The van der Waals surface area contributed by atoms with Crippen molar-refractivity contribution in [1.82, 2.24) is 4.90 Å². The van der Waals surface area contributed by atoms with Crippen LogP contribution in [-0.4, -0.2) is 50.8 Å². The number of carbonyl (C=O) groups is 1. The van der Waals surface area contributed by atoms with Crippen LogP contribution in [-0.2, 0) is 9.53 Å². The lowest BCUT2D eigenvalue weighted by Gasteiger charge is -2.44. The summed E-state index contributed by atoms with van der Waals surface area (Å²) in [7, 11) is 3.22. The van der Waals surface area contributed by atoms with Crippen molar-refractivity contribution in [1.29, 1.82) is 0 Å². The molecule has 5 rings (SSSR count). The van der Waals surface area contributed by atoms with Gasteiger partial charge in [0.05, 0.1) is 19.9 Å². The van der Waals surface area contributed by atoms with Gasteiger partial charge < -0.3 is 19.5 Å². The summed E-state index contributed by atoms with van der Waals surface area (Å²) >= 11 is 0. The molecule has 3 aliphatic heterocycles. The van der Waals surface area contributed by atoms with Crippen molar-refractivity contribution in [2.45, 2.75) is 25.0 Å². The van der Waals surface area contributed by atoms with Crippen LogP contribution in [0.1, 0.15) is 24.4 Å². The van der Waals surface area contributed by atoms with E-state index in [9.17, 15) is 4.79 Å². The quantitative estimate of drug-likeness (QED) is 0.723. The van der Waals surface area contributed by atoms with E-state index in [2.05, 4.69) is 10.2 Å². The van der Waals surface area contributed by atoms with Crippen LogP contribution in [0.15, 0.2) is 48.5 Å². The lowest BCUT2D eigenvalue weighted by atomic mass is 9.86. The van der Waals surface area contributed by atoms with E-state index >= 15 is 0 Å². The van der Waals surface area contributed by atoms with Gasteiger partial charge in [0.1, 0.15) is 17.6 Å². The Bertz CT molecular complexity index is 834. The molecule has 29 heavy (non-hydrogen) atoms.